The summed E-state index contributed by atoms with van der Waals surface area (Å²) in [6, 6.07) is 2.72. The van der Waals surface area contributed by atoms with E-state index in [1.54, 1.807) is 30.3 Å². The maximum absolute atomic E-state index is 13.8. The molecule has 5 atom stereocenters. The van der Waals surface area contributed by atoms with Gasteiger partial charge in [0.05, 0.1) is 24.5 Å². The van der Waals surface area contributed by atoms with E-state index in [1.807, 2.05) is 25.9 Å². The van der Waals surface area contributed by atoms with Crippen molar-refractivity contribution in [2.75, 3.05) is 42.9 Å². The second kappa shape index (κ2) is 14.2. The molecule has 2 amide bonds. The molecule has 49 heavy (non-hydrogen) atoms. The second-order valence-electron chi connectivity index (χ2n) is 13.6. The van der Waals surface area contributed by atoms with Crippen molar-refractivity contribution in [1.29, 1.82) is 0 Å². The van der Waals surface area contributed by atoms with Gasteiger partial charge >= 0.3 is 11.9 Å². The molecule has 2 saturated carbocycles. The summed E-state index contributed by atoms with van der Waals surface area (Å²) in [6.45, 7) is 5.14. The number of hydrogen-bond acceptors (Lipinski definition) is 12. The van der Waals surface area contributed by atoms with Crippen LogP contribution in [-0.4, -0.2) is 103 Å². The molecule has 0 radical (unpaired) electrons. The molecular weight excluding hydrogens is 630 g/mol. The third kappa shape index (κ3) is 6.87. The Bertz CT molecular complexity index is 1610. The minimum Gasteiger partial charge on any atom is -0.491 e. The van der Waals surface area contributed by atoms with Gasteiger partial charge in [-0.05, 0) is 45.5 Å². The number of carbonyl (C=O) groups is 4. The van der Waals surface area contributed by atoms with Crippen LogP contribution in [0.15, 0.2) is 18.3 Å². The molecule has 2 aromatic rings. The van der Waals surface area contributed by atoms with Gasteiger partial charge in [-0.1, -0.05) is 19.8 Å². The standard InChI is InChI=1S/C35H47N7O7/c1-7-26-34(46)41(6)28-18-36-35(39-32(28)42(26)21-10-8-9-11-21)38-24-13-12-23(22-14-15-47-31(22)24)33(45)37-25-16-30(49-20(3)44)27(40(4)5)17-29(25)48-19(2)43/h12-13,18,21,25-27,29-30H,7-11,14-17H2,1-6H3,(H,37,45)(H,36,38,39)/t25?,26-,27-,29-,30-/m1/s1. The van der Waals surface area contributed by atoms with E-state index in [0.717, 1.165) is 37.1 Å². The van der Waals surface area contributed by atoms with Crippen LogP contribution in [0.2, 0.25) is 0 Å². The molecule has 6 rings (SSSR count). The van der Waals surface area contributed by atoms with Crippen LogP contribution in [0.25, 0.3) is 0 Å². The number of likely N-dealkylation sites (N-methyl/N-ethyl adjacent to an activating group) is 2. The van der Waals surface area contributed by atoms with Crippen molar-refractivity contribution in [2.24, 2.45) is 0 Å². The Morgan fingerprint density at radius 2 is 1.78 bits per heavy atom. The number of fused-ring (bicyclic) bond motifs is 2. The molecule has 264 valence electrons. The second-order valence-corrected chi connectivity index (χ2v) is 13.6. The number of carbonyl (C=O) groups excluding carboxylic acids is 4. The van der Waals surface area contributed by atoms with Crippen molar-refractivity contribution in [3.05, 3.63) is 29.5 Å². The van der Waals surface area contributed by atoms with Gasteiger partial charge in [-0.3, -0.25) is 19.2 Å². The highest BCUT2D eigenvalue weighted by Crippen LogP contribution is 2.42. The smallest absolute Gasteiger partial charge is 0.302 e. The van der Waals surface area contributed by atoms with Crippen molar-refractivity contribution in [1.82, 2.24) is 20.2 Å². The van der Waals surface area contributed by atoms with Crippen LogP contribution < -0.4 is 25.2 Å². The Morgan fingerprint density at radius 1 is 1.06 bits per heavy atom. The summed E-state index contributed by atoms with van der Waals surface area (Å²) in [5, 5.41) is 6.39. The van der Waals surface area contributed by atoms with Crippen molar-refractivity contribution in [3.63, 3.8) is 0 Å². The number of ether oxygens (including phenoxy) is 3. The highest BCUT2D eigenvalue weighted by Gasteiger charge is 2.43. The lowest BCUT2D eigenvalue weighted by atomic mass is 9.85. The van der Waals surface area contributed by atoms with Gasteiger partial charge in [-0.25, -0.2) is 4.98 Å². The van der Waals surface area contributed by atoms with E-state index in [9.17, 15) is 19.2 Å². The molecule has 4 aliphatic rings. The van der Waals surface area contributed by atoms with E-state index in [1.165, 1.54) is 13.8 Å². The van der Waals surface area contributed by atoms with E-state index in [0.29, 0.717) is 54.5 Å². The lowest BCUT2D eigenvalue weighted by Gasteiger charge is -2.43. The van der Waals surface area contributed by atoms with Crippen LogP contribution in [0.5, 0.6) is 5.75 Å². The molecule has 1 unspecified atom stereocenters. The Hall–Kier alpha value is -4.46. The topological polar surface area (TPSA) is 156 Å². The zero-order valence-corrected chi connectivity index (χ0v) is 29.2. The summed E-state index contributed by atoms with van der Waals surface area (Å²) < 4.78 is 17.3. The number of rotatable bonds is 9. The number of benzene rings is 1. The normalized spacial score (nSPS) is 25.0. The third-order valence-electron chi connectivity index (χ3n) is 10.2. The first-order valence-corrected chi connectivity index (χ1v) is 17.3. The lowest BCUT2D eigenvalue weighted by molar-refractivity contribution is -0.162. The largest absolute Gasteiger partial charge is 0.491 e. The van der Waals surface area contributed by atoms with Crippen molar-refractivity contribution in [2.45, 2.75) is 109 Å². The Labute approximate surface area is 286 Å². The number of hydrogen-bond donors (Lipinski definition) is 2. The predicted octanol–water partition coefficient (Wildman–Crippen LogP) is 3.34. The highest BCUT2D eigenvalue weighted by atomic mass is 16.6. The monoisotopic (exact) mass is 677 g/mol. The Morgan fingerprint density at radius 3 is 2.45 bits per heavy atom. The maximum Gasteiger partial charge on any atom is 0.302 e. The van der Waals surface area contributed by atoms with E-state index < -0.39 is 30.2 Å². The summed E-state index contributed by atoms with van der Waals surface area (Å²) in [6.07, 6.45) is 6.79. The van der Waals surface area contributed by atoms with Gasteiger partial charge in [0.2, 0.25) is 11.9 Å². The zero-order valence-electron chi connectivity index (χ0n) is 29.2. The zero-order chi connectivity index (χ0) is 35.0. The number of esters is 2. The van der Waals surface area contributed by atoms with Crippen molar-refractivity contribution >= 4 is 46.9 Å². The van der Waals surface area contributed by atoms with Gasteiger partial charge in [0.25, 0.3) is 5.91 Å². The minimum absolute atomic E-state index is 0.0538. The molecule has 1 aromatic carbocycles. The number of nitrogens with one attached hydrogen (secondary N) is 2. The molecule has 14 heteroatoms. The van der Waals surface area contributed by atoms with Crippen molar-refractivity contribution in [3.8, 4) is 5.75 Å². The van der Waals surface area contributed by atoms with Crippen LogP contribution >= 0.6 is 0 Å². The number of nitrogens with zero attached hydrogens (tertiary/aromatic N) is 5. The molecule has 1 aromatic heterocycles. The fourth-order valence-electron chi connectivity index (χ4n) is 7.91. The average molecular weight is 678 g/mol. The summed E-state index contributed by atoms with van der Waals surface area (Å²) >= 11 is 0. The molecule has 0 bridgehead atoms. The van der Waals surface area contributed by atoms with E-state index in [4.69, 9.17) is 19.2 Å². The van der Waals surface area contributed by atoms with Gasteiger partial charge in [0.1, 0.15) is 29.7 Å². The SMILES string of the molecule is CC[C@@H]1C(=O)N(C)c2cnc(Nc3ccc(C(=O)NC4C[C@@H](OC(C)=O)[C@H](N(C)C)C[C@H]4OC(C)=O)c4c3OCC4)nc2N1C1CCCC1. The lowest BCUT2D eigenvalue weighted by Crippen LogP contribution is -2.58. The summed E-state index contributed by atoms with van der Waals surface area (Å²) in [4.78, 5) is 66.4. The average Bonchev–Trinajstić information content (AvgIpc) is 3.77. The van der Waals surface area contributed by atoms with Crippen LogP contribution in [0.3, 0.4) is 0 Å². The van der Waals surface area contributed by atoms with Gasteiger partial charge in [-0.2, -0.15) is 4.98 Å². The first-order chi connectivity index (χ1) is 23.5. The maximum atomic E-state index is 13.8. The fourth-order valence-corrected chi connectivity index (χ4v) is 7.91. The molecule has 2 N–H and O–H groups in total. The minimum atomic E-state index is -0.600. The van der Waals surface area contributed by atoms with Crippen LogP contribution in [0, 0.1) is 0 Å². The summed E-state index contributed by atoms with van der Waals surface area (Å²) in [5.74, 6) is 0.514. The summed E-state index contributed by atoms with van der Waals surface area (Å²) in [5.41, 5.74) is 2.50. The van der Waals surface area contributed by atoms with Gasteiger partial charge < -0.3 is 39.5 Å². The fraction of sp³-hybridized carbons (Fsp3) is 0.600. The van der Waals surface area contributed by atoms with Gasteiger partial charge in [0, 0.05) is 63.4 Å². The molecule has 14 nitrogen and oxygen atoms in total. The molecule has 2 aliphatic heterocycles. The number of aromatic nitrogens is 2. The van der Waals surface area contributed by atoms with Crippen LogP contribution in [0.4, 0.5) is 23.1 Å². The predicted molar refractivity (Wildman–Crippen MR) is 182 cm³/mol. The van der Waals surface area contributed by atoms with E-state index >= 15 is 0 Å². The number of amides is 2. The first kappa shape index (κ1) is 34.4. The Balaban J connectivity index is 1.25. The van der Waals surface area contributed by atoms with Crippen LogP contribution in [-0.2, 0) is 30.3 Å². The van der Waals surface area contributed by atoms with Gasteiger partial charge in [-0.15, -0.1) is 0 Å². The molecule has 0 spiro atoms. The molecular formula is C35H47N7O7. The number of anilines is 4. The van der Waals surface area contributed by atoms with E-state index in [-0.39, 0.29) is 36.4 Å². The van der Waals surface area contributed by atoms with Crippen LogP contribution in [0.1, 0.15) is 81.6 Å². The van der Waals surface area contributed by atoms with Gasteiger partial charge in [0.15, 0.2) is 5.82 Å². The third-order valence-corrected chi connectivity index (χ3v) is 10.2. The quantitative estimate of drug-likeness (QED) is 0.374. The van der Waals surface area contributed by atoms with E-state index in [2.05, 4.69) is 20.5 Å². The molecule has 2 fully saturated rings. The molecule has 0 saturated heterocycles. The molecule has 3 heterocycles. The Kier molecular flexibility index (Phi) is 9.96. The first-order valence-electron chi connectivity index (χ1n) is 17.3. The van der Waals surface area contributed by atoms with Crippen molar-refractivity contribution < 1.29 is 33.4 Å². The highest BCUT2D eigenvalue weighted by molar-refractivity contribution is 6.04. The molecule has 2 aliphatic carbocycles. The summed E-state index contributed by atoms with van der Waals surface area (Å²) in [7, 11) is 5.54.